The molecule has 0 aromatic carbocycles. The van der Waals surface area contributed by atoms with E-state index in [0.717, 1.165) is 19.5 Å². The highest BCUT2D eigenvalue weighted by atomic mass is 15.1. The maximum absolute atomic E-state index is 4.51. The van der Waals surface area contributed by atoms with E-state index in [4.69, 9.17) is 0 Å². The largest absolute Gasteiger partial charge is 0.335 e. The lowest BCUT2D eigenvalue weighted by Crippen LogP contribution is -2.33. The van der Waals surface area contributed by atoms with Crippen LogP contribution in [-0.4, -0.2) is 22.1 Å². The van der Waals surface area contributed by atoms with E-state index in [1.54, 1.807) is 0 Å². The monoisotopic (exact) mass is 223 g/mol. The number of nitrogens with zero attached hydrogens (tertiary/aromatic N) is 2. The molecule has 1 aromatic rings. The highest BCUT2D eigenvalue weighted by Gasteiger charge is 2.20. The molecule has 0 saturated heterocycles. The zero-order valence-corrected chi connectivity index (χ0v) is 11.0. The fourth-order valence-electron chi connectivity index (χ4n) is 2.19. The lowest BCUT2D eigenvalue weighted by atomic mass is 9.97. The maximum Gasteiger partial charge on any atom is 0.113 e. The van der Waals surface area contributed by atoms with Gasteiger partial charge in [-0.15, -0.1) is 0 Å². The van der Waals surface area contributed by atoms with Gasteiger partial charge in [0, 0.05) is 30.9 Å². The fraction of sp³-hybridized carbons (Fsp3) is 0.769. The zero-order chi connectivity index (χ0) is 12.0. The van der Waals surface area contributed by atoms with Crippen LogP contribution in [-0.2, 0) is 6.54 Å². The lowest BCUT2D eigenvalue weighted by Gasteiger charge is -2.24. The van der Waals surface area contributed by atoms with Crippen LogP contribution in [0, 0.1) is 0 Å². The van der Waals surface area contributed by atoms with Crippen LogP contribution in [0.4, 0.5) is 0 Å². The summed E-state index contributed by atoms with van der Waals surface area (Å²) in [5.74, 6) is 1.74. The molecule has 0 aliphatic heterocycles. The van der Waals surface area contributed by atoms with Gasteiger partial charge in [-0.2, -0.15) is 0 Å². The van der Waals surface area contributed by atoms with Crippen LogP contribution in [0.5, 0.6) is 0 Å². The third kappa shape index (κ3) is 3.08. The summed E-state index contributed by atoms with van der Waals surface area (Å²) in [6.07, 6.45) is 6.30. The van der Waals surface area contributed by atoms with Gasteiger partial charge in [0.2, 0.25) is 0 Å². The summed E-state index contributed by atoms with van der Waals surface area (Å²) < 4.78 is 2.25. The molecule has 0 bridgehead atoms. The molecule has 0 amide bonds. The van der Waals surface area contributed by atoms with Gasteiger partial charge in [0.25, 0.3) is 0 Å². The molecular weight excluding hydrogens is 198 g/mol. The van der Waals surface area contributed by atoms with Gasteiger partial charge in [-0.25, -0.2) is 4.98 Å². The molecule has 1 N–H and O–H groups in total. The van der Waals surface area contributed by atoms with Crippen LogP contribution in [0.2, 0.25) is 0 Å². The number of hydrogen-bond donors (Lipinski definition) is 1. The van der Waals surface area contributed by atoms with Crippen LogP contribution in [0.1, 0.15) is 52.3 Å². The van der Waals surface area contributed by atoms with Gasteiger partial charge in [-0.1, -0.05) is 13.8 Å². The number of nitrogens with one attached hydrogen (secondary N) is 1. The number of rotatable bonds is 7. The van der Waals surface area contributed by atoms with Crippen molar-refractivity contribution in [1.82, 2.24) is 14.9 Å². The molecule has 1 aromatic heterocycles. The predicted molar refractivity (Wildman–Crippen MR) is 68.7 cm³/mol. The van der Waals surface area contributed by atoms with Gasteiger partial charge in [-0.05, 0) is 33.2 Å². The van der Waals surface area contributed by atoms with Crippen LogP contribution >= 0.6 is 0 Å². The second kappa shape index (κ2) is 6.69. The highest BCUT2D eigenvalue weighted by molar-refractivity contribution is 5.03. The molecular formula is C13H25N3. The van der Waals surface area contributed by atoms with Gasteiger partial charge >= 0.3 is 0 Å². The van der Waals surface area contributed by atoms with E-state index in [0.29, 0.717) is 12.0 Å². The summed E-state index contributed by atoms with van der Waals surface area (Å²) in [5, 5.41) is 3.57. The zero-order valence-electron chi connectivity index (χ0n) is 11.0. The Labute approximate surface area is 99.3 Å². The number of imidazole rings is 1. The Morgan fingerprint density at radius 3 is 2.69 bits per heavy atom. The second-order valence-electron chi connectivity index (χ2n) is 4.33. The maximum atomic E-state index is 4.51. The predicted octanol–water partition coefficient (Wildman–Crippen LogP) is 2.78. The van der Waals surface area contributed by atoms with Gasteiger partial charge in [0.1, 0.15) is 5.82 Å². The van der Waals surface area contributed by atoms with Gasteiger partial charge in [-0.3, -0.25) is 0 Å². The fourth-order valence-corrected chi connectivity index (χ4v) is 2.19. The summed E-state index contributed by atoms with van der Waals surface area (Å²) in [4.78, 5) is 4.51. The Morgan fingerprint density at radius 1 is 1.38 bits per heavy atom. The molecule has 0 spiro atoms. The van der Waals surface area contributed by atoms with Crippen LogP contribution in [0.15, 0.2) is 12.4 Å². The summed E-state index contributed by atoms with van der Waals surface area (Å²) >= 11 is 0. The first-order valence-electron chi connectivity index (χ1n) is 6.48. The molecule has 0 radical (unpaired) electrons. The summed E-state index contributed by atoms with van der Waals surface area (Å²) in [7, 11) is 0. The molecule has 3 heteroatoms. The third-order valence-electron chi connectivity index (χ3n) is 3.18. The number of aromatic nitrogens is 2. The number of hydrogen-bond acceptors (Lipinski definition) is 2. The average Bonchev–Trinajstić information content (AvgIpc) is 2.75. The van der Waals surface area contributed by atoms with Gasteiger partial charge < -0.3 is 9.88 Å². The Kier molecular flexibility index (Phi) is 5.53. The smallest absolute Gasteiger partial charge is 0.113 e. The Bertz CT molecular complexity index is 293. The van der Waals surface area contributed by atoms with Crippen molar-refractivity contribution in [2.24, 2.45) is 0 Å². The minimum atomic E-state index is 0.498. The molecule has 16 heavy (non-hydrogen) atoms. The van der Waals surface area contributed by atoms with Gasteiger partial charge in [0.05, 0.1) is 0 Å². The summed E-state index contributed by atoms with van der Waals surface area (Å²) in [6.45, 7) is 11.0. The van der Waals surface area contributed by atoms with Crippen LogP contribution in [0.3, 0.4) is 0 Å². The van der Waals surface area contributed by atoms with E-state index >= 15 is 0 Å². The molecule has 2 atom stereocenters. The van der Waals surface area contributed by atoms with Crippen molar-refractivity contribution in [3.63, 3.8) is 0 Å². The van der Waals surface area contributed by atoms with Crippen molar-refractivity contribution in [2.45, 2.75) is 59.0 Å². The number of aryl methyl sites for hydroxylation is 1. The topological polar surface area (TPSA) is 29.9 Å². The highest BCUT2D eigenvalue weighted by Crippen LogP contribution is 2.21. The van der Waals surface area contributed by atoms with Crippen molar-refractivity contribution >= 4 is 0 Å². The normalized spacial score (nSPS) is 15.0. The quantitative estimate of drug-likeness (QED) is 0.770. The molecule has 0 fully saturated rings. The van der Waals surface area contributed by atoms with Crippen molar-refractivity contribution in [1.29, 1.82) is 0 Å². The Hall–Kier alpha value is -0.830. The Morgan fingerprint density at radius 2 is 2.12 bits per heavy atom. The third-order valence-corrected chi connectivity index (χ3v) is 3.18. The van der Waals surface area contributed by atoms with Crippen molar-refractivity contribution in [2.75, 3.05) is 6.54 Å². The van der Waals surface area contributed by atoms with Crippen molar-refractivity contribution < 1.29 is 0 Å². The van der Waals surface area contributed by atoms with Crippen LogP contribution in [0.25, 0.3) is 0 Å². The van der Waals surface area contributed by atoms with E-state index < -0.39 is 0 Å². The van der Waals surface area contributed by atoms with Gasteiger partial charge in [0.15, 0.2) is 0 Å². The Balaban J connectivity index is 2.73. The van der Waals surface area contributed by atoms with E-state index in [1.807, 2.05) is 6.20 Å². The van der Waals surface area contributed by atoms with E-state index in [1.165, 1.54) is 12.2 Å². The molecule has 1 rings (SSSR count). The first kappa shape index (κ1) is 13.2. The second-order valence-corrected chi connectivity index (χ2v) is 4.33. The minimum Gasteiger partial charge on any atom is -0.335 e. The van der Waals surface area contributed by atoms with Crippen molar-refractivity contribution in [3.8, 4) is 0 Å². The van der Waals surface area contributed by atoms with E-state index in [2.05, 4.69) is 48.8 Å². The first-order valence-corrected chi connectivity index (χ1v) is 6.48. The molecule has 3 nitrogen and oxygen atoms in total. The SMILES string of the molecule is CCCNC(C)C(CC)c1nccn1CC. The molecule has 0 saturated carbocycles. The molecule has 0 aliphatic carbocycles. The molecule has 1 heterocycles. The summed E-state index contributed by atoms with van der Waals surface area (Å²) in [6, 6.07) is 0.498. The first-order chi connectivity index (χ1) is 7.74. The molecule has 2 unspecified atom stereocenters. The lowest BCUT2D eigenvalue weighted by molar-refractivity contribution is 0.423. The molecule has 92 valence electrons. The van der Waals surface area contributed by atoms with E-state index in [-0.39, 0.29) is 0 Å². The average molecular weight is 223 g/mol. The van der Waals surface area contributed by atoms with Crippen LogP contribution < -0.4 is 5.32 Å². The van der Waals surface area contributed by atoms with Crippen molar-refractivity contribution in [3.05, 3.63) is 18.2 Å². The standard InChI is InChI=1S/C13H25N3/c1-5-8-14-11(4)12(6-2)13-15-9-10-16(13)7-3/h9-12,14H,5-8H2,1-4H3. The molecule has 0 aliphatic rings. The van der Waals surface area contributed by atoms with E-state index in [9.17, 15) is 0 Å². The minimum absolute atomic E-state index is 0.498. The summed E-state index contributed by atoms with van der Waals surface area (Å²) in [5.41, 5.74) is 0.